The predicted octanol–water partition coefficient (Wildman–Crippen LogP) is 4.30. The van der Waals surface area contributed by atoms with Crippen LogP contribution in [0.15, 0.2) is 23.2 Å². The first-order valence-corrected chi connectivity index (χ1v) is 6.79. The van der Waals surface area contributed by atoms with Crippen LogP contribution in [0.4, 0.5) is 4.39 Å². The van der Waals surface area contributed by atoms with Crippen molar-refractivity contribution >= 4 is 6.08 Å². The van der Waals surface area contributed by atoms with E-state index in [1.807, 2.05) is 25.1 Å². The summed E-state index contributed by atoms with van der Waals surface area (Å²) in [6, 6.07) is 5.61. The molecule has 1 aliphatic rings. The van der Waals surface area contributed by atoms with Crippen molar-refractivity contribution in [3.05, 3.63) is 34.9 Å². The second kappa shape index (κ2) is 4.90. The number of alkyl halides is 1. The average molecular weight is 261 g/mol. The minimum absolute atomic E-state index is 0.479. The van der Waals surface area contributed by atoms with Crippen molar-refractivity contribution < 1.29 is 9.18 Å². The van der Waals surface area contributed by atoms with Gasteiger partial charge in [-0.05, 0) is 56.4 Å². The summed E-state index contributed by atoms with van der Waals surface area (Å²) in [6.07, 6.45) is 5.51. The first-order valence-electron chi connectivity index (χ1n) is 6.79. The second-order valence-electron chi connectivity index (χ2n) is 5.94. The van der Waals surface area contributed by atoms with Crippen molar-refractivity contribution in [1.82, 2.24) is 0 Å². The fraction of sp³-hybridized carbons (Fsp3) is 0.562. The van der Waals surface area contributed by atoms with E-state index in [0.29, 0.717) is 5.56 Å². The topological polar surface area (TPSA) is 29.4 Å². The lowest BCUT2D eigenvalue weighted by Crippen LogP contribution is -2.22. The van der Waals surface area contributed by atoms with Crippen LogP contribution in [0.2, 0.25) is 0 Å². The molecule has 1 fully saturated rings. The smallest absolute Gasteiger partial charge is 0.235 e. The molecule has 102 valence electrons. The number of nitrogens with zero attached hydrogens (tertiary/aromatic N) is 1. The number of halogens is 1. The maximum absolute atomic E-state index is 14.1. The molecule has 0 aliphatic heterocycles. The van der Waals surface area contributed by atoms with E-state index >= 15 is 0 Å². The lowest BCUT2D eigenvalue weighted by Gasteiger charge is -2.27. The molecule has 1 aromatic carbocycles. The second-order valence-corrected chi connectivity index (χ2v) is 5.94. The fourth-order valence-corrected chi connectivity index (χ4v) is 2.98. The van der Waals surface area contributed by atoms with Gasteiger partial charge in [0, 0.05) is 0 Å². The predicted molar refractivity (Wildman–Crippen MR) is 73.6 cm³/mol. The normalized spacial score (nSPS) is 18.1. The van der Waals surface area contributed by atoms with E-state index in [2.05, 4.69) is 4.99 Å². The fourth-order valence-electron chi connectivity index (χ4n) is 2.98. The van der Waals surface area contributed by atoms with E-state index in [4.69, 9.17) is 0 Å². The minimum Gasteiger partial charge on any atom is -0.239 e. The Morgan fingerprint density at radius 3 is 2.47 bits per heavy atom. The van der Waals surface area contributed by atoms with Crippen molar-refractivity contribution in [2.75, 3.05) is 0 Å². The maximum atomic E-state index is 14.1. The first-order chi connectivity index (χ1) is 8.89. The van der Waals surface area contributed by atoms with Gasteiger partial charge in [-0.15, -0.1) is 0 Å². The third-order valence-electron chi connectivity index (χ3n) is 4.12. The number of aryl methyl sites for hydroxylation is 1. The van der Waals surface area contributed by atoms with Gasteiger partial charge in [0.25, 0.3) is 0 Å². The molecule has 1 aromatic rings. The van der Waals surface area contributed by atoms with Crippen molar-refractivity contribution in [1.29, 1.82) is 0 Å². The van der Waals surface area contributed by atoms with Crippen LogP contribution in [-0.2, 0) is 16.0 Å². The van der Waals surface area contributed by atoms with Gasteiger partial charge in [-0.3, -0.25) is 0 Å². The van der Waals surface area contributed by atoms with Gasteiger partial charge < -0.3 is 0 Å². The zero-order valence-corrected chi connectivity index (χ0v) is 11.8. The van der Waals surface area contributed by atoms with Crippen molar-refractivity contribution in [3.8, 4) is 0 Å². The summed E-state index contributed by atoms with van der Waals surface area (Å²) in [4.78, 5) is 14.8. The Balaban J connectivity index is 2.57. The molecule has 2 rings (SSSR count). The molecular weight excluding hydrogens is 241 g/mol. The Morgan fingerprint density at radius 2 is 1.95 bits per heavy atom. The van der Waals surface area contributed by atoms with Gasteiger partial charge in [0.2, 0.25) is 6.08 Å². The molecule has 0 atom stereocenters. The molecule has 0 aromatic heterocycles. The molecule has 0 unspecified atom stereocenters. The van der Waals surface area contributed by atoms with Crippen LogP contribution >= 0.6 is 0 Å². The van der Waals surface area contributed by atoms with E-state index < -0.39 is 11.2 Å². The van der Waals surface area contributed by atoms with Gasteiger partial charge in [-0.1, -0.05) is 25.0 Å². The minimum atomic E-state index is -1.38. The molecule has 0 heterocycles. The largest absolute Gasteiger partial charge is 0.239 e. The molecular formula is C16H20FNO. The van der Waals surface area contributed by atoms with Gasteiger partial charge >= 0.3 is 0 Å². The molecule has 1 aliphatic carbocycles. The van der Waals surface area contributed by atoms with E-state index in [9.17, 15) is 9.18 Å². The number of carbonyl (C=O) groups excluding carboxylic acids is 1. The molecule has 3 heteroatoms. The van der Waals surface area contributed by atoms with E-state index in [1.54, 1.807) is 19.9 Å². The van der Waals surface area contributed by atoms with E-state index in [1.165, 1.54) is 0 Å². The number of hydrogen-bond acceptors (Lipinski definition) is 2. The van der Waals surface area contributed by atoms with Gasteiger partial charge in [0.05, 0.1) is 5.54 Å². The van der Waals surface area contributed by atoms with Gasteiger partial charge in [0.15, 0.2) is 0 Å². The Morgan fingerprint density at radius 1 is 1.32 bits per heavy atom. The first kappa shape index (κ1) is 14.0. The summed E-state index contributed by atoms with van der Waals surface area (Å²) < 4.78 is 14.1. The molecule has 0 bridgehead atoms. The highest BCUT2D eigenvalue weighted by Gasteiger charge is 2.37. The average Bonchev–Trinajstić information content (AvgIpc) is 2.78. The molecule has 0 N–H and O–H groups in total. The van der Waals surface area contributed by atoms with E-state index in [-0.39, 0.29) is 0 Å². The van der Waals surface area contributed by atoms with Crippen LogP contribution in [-0.4, -0.2) is 6.08 Å². The Kier molecular flexibility index (Phi) is 3.60. The number of aliphatic imine (C=N–C) groups is 1. The summed E-state index contributed by atoms with van der Waals surface area (Å²) in [7, 11) is 0. The molecule has 0 spiro atoms. The summed E-state index contributed by atoms with van der Waals surface area (Å²) in [5, 5.41) is 0. The zero-order valence-electron chi connectivity index (χ0n) is 11.8. The van der Waals surface area contributed by atoms with Crippen LogP contribution in [0.25, 0.3) is 0 Å². The highest BCUT2D eigenvalue weighted by Crippen LogP contribution is 2.44. The highest BCUT2D eigenvalue weighted by atomic mass is 19.1. The monoisotopic (exact) mass is 261 g/mol. The third kappa shape index (κ3) is 2.62. The van der Waals surface area contributed by atoms with Gasteiger partial charge in [0.1, 0.15) is 5.67 Å². The molecule has 1 saturated carbocycles. The van der Waals surface area contributed by atoms with Crippen LogP contribution in [0.5, 0.6) is 0 Å². The summed E-state index contributed by atoms with van der Waals surface area (Å²) in [5.74, 6) is 0. The van der Waals surface area contributed by atoms with Crippen molar-refractivity contribution in [2.24, 2.45) is 4.99 Å². The number of benzene rings is 1. The van der Waals surface area contributed by atoms with Crippen LogP contribution < -0.4 is 0 Å². The van der Waals surface area contributed by atoms with Crippen LogP contribution in [0.3, 0.4) is 0 Å². The third-order valence-corrected chi connectivity index (χ3v) is 4.12. The zero-order chi connectivity index (χ0) is 14.1. The molecule has 0 amide bonds. The van der Waals surface area contributed by atoms with Crippen molar-refractivity contribution in [2.45, 2.75) is 57.7 Å². The summed E-state index contributed by atoms with van der Waals surface area (Å²) in [6.45, 7) is 5.09. The van der Waals surface area contributed by atoms with Crippen molar-refractivity contribution in [3.63, 3.8) is 0 Å². The quantitative estimate of drug-likeness (QED) is 0.589. The molecule has 0 radical (unpaired) electrons. The molecule has 19 heavy (non-hydrogen) atoms. The lowest BCUT2D eigenvalue weighted by molar-refractivity contribution is 0.221. The lowest BCUT2D eigenvalue weighted by atomic mass is 9.83. The Labute approximate surface area is 113 Å². The maximum Gasteiger partial charge on any atom is 0.235 e. The molecule has 2 nitrogen and oxygen atoms in total. The number of rotatable bonds is 3. The van der Waals surface area contributed by atoms with Crippen LogP contribution in [0.1, 0.15) is 56.2 Å². The summed E-state index contributed by atoms with van der Waals surface area (Å²) >= 11 is 0. The summed E-state index contributed by atoms with van der Waals surface area (Å²) in [5.41, 5.74) is 0.825. The van der Waals surface area contributed by atoms with Gasteiger partial charge in [-0.2, -0.15) is 4.99 Å². The Bertz CT molecular complexity index is 518. The van der Waals surface area contributed by atoms with Gasteiger partial charge in [-0.25, -0.2) is 9.18 Å². The number of isocyanates is 1. The highest BCUT2D eigenvalue weighted by molar-refractivity contribution is 5.43. The number of hydrogen-bond donors (Lipinski definition) is 0. The standard InChI is InChI=1S/C16H20FNO/c1-12-6-7-13(15(2,3)17)10-14(12)16(18-11-19)8-4-5-9-16/h6-7,10H,4-5,8-9H2,1-3H3. The van der Waals surface area contributed by atoms with Crippen LogP contribution in [0, 0.1) is 6.92 Å². The Hall–Kier alpha value is -1.47. The molecule has 0 saturated heterocycles. The SMILES string of the molecule is Cc1ccc(C(C)(C)F)cc1C1(N=C=O)CCCC1. The van der Waals surface area contributed by atoms with E-state index in [0.717, 1.165) is 36.8 Å².